The van der Waals surface area contributed by atoms with Gasteiger partial charge in [-0.2, -0.15) is 0 Å². The molecule has 0 bridgehead atoms. The first kappa shape index (κ1) is 18.4. The van der Waals surface area contributed by atoms with E-state index in [1.807, 2.05) is 42.5 Å². The summed E-state index contributed by atoms with van der Waals surface area (Å²) in [6, 6.07) is 12.8. The van der Waals surface area contributed by atoms with Crippen molar-refractivity contribution in [1.82, 2.24) is 16.2 Å². The van der Waals surface area contributed by atoms with Gasteiger partial charge in [0.2, 0.25) is 12.7 Å². The van der Waals surface area contributed by atoms with E-state index in [0.29, 0.717) is 36.8 Å². The number of rotatable bonds is 7. The van der Waals surface area contributed by atoms with Crippen molar-refractivity contribution in [3.63, 3.8) is 0 Å². The highest BCUT2D eigenvalue weighted by Gasteiger charge is 2.29. The summed E-state index contributed by atoms with van der Waals surface area (Å²) in [7, 11) is 1.61. The predicted octanol–water partition coefficient (Wildman–Crippen LogP) is 1.35. The van der Waals surface area contributed by atoms with E-state index in [4.69, 9.17) is 18.9 Å². The number of para-hydroxylation sites is 2. The third-order valence-electron chi connectivity index (χ3n) is 4.71. The predicted molar refractivity (Wildman–Crippen MR) is 101 cm³/mol. The Morgan fingerprint density at radius 2 is 1.96 bits per heavy atom. The highest BCUT2D eigenvalue weighted by Crippen LogP contribution is 2.32. The third-order valence-corrected chi connectivity index (χ3v) is 4.71. The van der Waals surface area contributed by atoms with E-state index in [-0.39, 0.29) is 24.8 Å². The normalized spacial score (nSPS) is 20.0. The summed E-state index contributed by atoms with van der Waals surface area (Å²) in [5.74, 6) is 2.74. The molecule has 2 aliphatic rings. The Bertz CT molecular complexity index is 844. The molecule has 0 radical (unpaired) electrons. The number of nitrogens with one attached hydrogen (secondary N) is 3. The highest BCUT2D eigenvalue weighted by atomic mass is 16.7. The molecule has 0 saturated carbocycles. The molecule has 1 fully saturated rings. The highest BCUT2D eigenvalue weighted by molar-refractivity contribution is 5.82. The van der Waals surface area contributed by atoms with Gasteiger partial charge < -0.3 is 24.3 Å². The fourth-order valence-corrected chi connectivity index (χ4v) is 3.19. The number of carbonyl (C=O) groups excluding carboxylic acids is 1. The third kappa shape index (κ3) is 4.13. The summed E-state index contributed by atoms with van der Waals surface area (Å²) in [5, 5.41) is 2.95. The lowest BCUT2D eigenvalue weighted by Gasteiger charge is -2.14. The smallest absolute Gasteiger partial charge is 0.238 e. The molecule has 0 aliphatic carbocycles. The largest absolute Gasteiger partial charge is 0.493 e. The van der Waals surface area contributed by atoms with E-state index in [1.54, 1.807) is 7.11 Å². The number of ether oxygens (including phenoxy) is 4. The lowest BCUT2D eigenvalue weighted by Crippen LogP contribution is -2.43. The van der Waals surface area contributed by atoms with Crippen LogP contribution >= 0.6 is 0 Å². The van der Waals surface area contributed by atoms with Crippen LogP contribution < -0.4 is 35.1 Å². The molecule has 2 aliphatic heterocycles. The van der Waals surface area contributed by atoms with Gasteiger partial charge in [0, 0.05) is 6.54 Å². The van der Waals surface area contributed by atoms with Gasteiger partial charge in [0.25, 0.3) is 0 Å². The molecule has 1 saturated heterocycles. The Morgan fingerprint density at radius 1 is 1.14 bits per heavy atom. The lowest BCUT2D eigenvalue weighted by atomic mass is 10.1. The molecule has 2 heterocycles. The first-order valence-electron chi connectivity index (χ1n) is 9.16. The van der Waals surface area contributed by atoms with Crippen LogP contribution in [0.2, 0.25) is 0 Å². The average molecular weight is 385 g/mol. The minimum atomic E-state index is -0.319. The summed E-state index contributed by atoms with van der Waals surface area (Å²) in [5.41, 5.74) is 7.10. The molecule has 0 spiro atoms. The van der Waals surface area contributed by atoms with Crippen LogP contribution in [0.3, 0.4) is 0 Å². The molecule has 2 aromatic rings. The maximum absolute atomic E-state index is 12.4. The van der Waals surface area contributed by atoms with Gasteiger partial charge in [0.05, 0.1) is 13.2 Å². The number of hydrogen-bond acceptors (Lipinski definition) is 7. The van der Waals surface area contributed by atoms with Crippen LogP contribution in [0.1, 0.15) is 12.0 Å². The van der Waals surface area contributed by atoms with Gasteiger partial charge >= 0.3 is 0 Å². The first-order chi connectivity index (χ1) is 13.7. The van der Waals surface area contributed by atoms with Crippen molar-refractivity contribution in [2.75, 3.05) is 20.5 Å². The van der Waals surface area contributed by atoms with Crippen molar-refractivity contribution < 1.29 is 23.7 Å². The summed E-state index contributed by atoms with van der Waals surface area (Å²) >= 11 is 0. The molecule has 2 atom stereocenters. The fraction of sp³-hybridized carbons (Fsp3) is 0.350. The van der Waals surface area contributed by atoms with Gasteiger partial charge in [0.1, 0.15) is 12.6 Å². The minimum absolute atomic E-state index is 0.0196. The van der Waals surface area contributed by atoms with Crippen molar-refractivity contribution in [2.45, 2.75) is 25.0 Å². The Labute approximate surface area is 163 Å². The molecule has 2 aromatic carbocycles. The molecule has 148 valence electrons. The van der Waals surface area contributed by atoms with Crippen LogP contribution in [0.15, 0.2) is 42.5 Å². The zero-order valence-electron chi connectivity index (χ0n) is 15.6. The number of fused-ring (bicyclic) bond motifs is 1. The fourth-order valence-electron chi connectivity index (χ4n) is 3.19. The van der Waals surface area contributed by atoms with Crippen molar-refractivity contribution in [2.24, 2.45) is 0 Å². The second kappa shape index (κ2) is 8.37. The maximum atomic E-state index is 12.4. The Balaban J connectivity index is 1.24. The standard InChI is InChI=1S/C20H23N3O5/c1-25-16-4-2-3-5-17(16)26-11-14-9-15(23-22-14)20(24)21-10-13-6-7-18-19(8-13)28-12-27-18/h2-8,14-15,22-23H,9-12H2,1H3,(H,21,24). The molecular formula is C20H23N3O5. The molecule has 28 heavy (non-hydrogen) atoms. The molecule has 1 amide bonds. The van der Waals surface area contributed by atoms with E-state index >= 15 is 0 Å². The number of hydrazine groups is 1. The Kier molecular flexibility index (Phi) is 5.50. The van der Waals surface area contributed by atoms with Gasteiger partial charge in [-0.1, -0.05) is 18.2 Å². The molecule has 8 heteroatoms. The van der Waals surface area contributed by atoms with Crippen molar-refractivity contribution in [1.29, 1.82) is 0 Å². The molecule has 2 unspecified atom stereocenters. The van der Waals surface area contributed by atoms with Crippen LogP contribution in [0, 0.1) is 0 Å². The van der Waals surface area contributed by atoms with Gasteiger partial charge in [-0.05, 0) is 36.2 Å². The Morgan fingerprint density at radius 3 is 2.82 bits per heavy atom. The van der Waals surface area contributed by atoms with E-state index in [1.165, 1.54) is 0 Å². The number of benzene rings is 2. The average Bonchev–Trinajstić information content (AvgIpc) is 3.39. The van der Waals surface area contributed by atoms with E-state index in [2.05, 4.69) is 16.2 Å². The van der Waals surface area contributed by atoms with Gasteiger partial charge in [-0.15, -0.1) is 0 Å². The summed E-state index contributed by atoms with van der Waals surface area (Å²) in [4.78, 5) is 12.4. The minimum Gasteiger partial charge on any atom is -0.493 e. The van der Waals surface area contributed by atoms with Crippen LogP contribution in [-0.4, -0.2) is 38.5 Å². The number of amides is 1. The number of methoxy groups -OCH3 is 1. The number of carbonyl (C=O) groups is 1. The van der Waals surface area contributed by atoms with E-state index in [0.717, 1.165) is 11.3 Å². The quantitative estimate of drug-likeness (QED) is 0.663. The van der Waals surface area contributed by atoms with Crippen molar-refractivity contribution in [3.8, 4) is 23.0 Å². The SMILES string of the molecule is COc1ccccc1OCC1CC(C(=O)NCc2ccc3c(c2)OCO3)NN1. The second-order valence-corrected chi connectivity index (χ2v) is 6.64. The summed E-state index contributed by atoms with van der Waals surface area (Å²) in [6.45, 7) is 1.09. The van der Waals surface area contributed by atoms with Gasteiger partial charge in [-0.3, -0.25) is 10.2 Å². The summed E-state index contributed by atoms with van der Waals surface area (Å²) in [6.07, 6.45) is 0.627. The molecule has 8 nitrogen and oxygen atoms in total. The second-order valence-electron chi connectivity index (χ2n) is 6.64. The van der Waals surface area contributed by atoms with Crippen molar-refractivity contribution in [3.05, 3.63) is 48.0 Å². The molecule has 4 rings (SSSR count). The van der Waals surface area contributed by atoms with E-state index in [9.17, 15) is 4.79 Å². The first-order valence-corrected chi connectivity index (χ1v) is 9.16. The van der Waals surface area contributed by atoms with Crippen LogP contribution in [0.4, 0.5) is 0 Å². The van der Waals surface area contributed by atoms with Crippen molar-refractivity contribution >= 4 is 5.91 Å². The van der Waals surface area contributed by atoms with Crippen LogP contribution in [0.25, 0.3) is 0 Å². The zero-order valence-corrected chi connectivity index (χ0v) is 15.6. The van der Waals surface area contributed by atoms with E-state index < -0.39 is 0 Å². The molecular weight excluding hydrogens is 362 g/mol. The zero-order chi connectivity index (χ0) is 19.3. The lowest BCUT2D eigenvalue weighted by molar-refractivity contribution is -0.123. The van der Waals surface area contributed by atoms with Crippen LogP contribution in [-0.2, 0) is 11.3 Å². The van der Waals surface area contributed by atoms with Gasteiger partial charge in [0.15, 0.2) is 23.0 Å². The molecule has 3 N–H and O–H groups in total. The Hall–Kier alpha value is -2.97. The van der Waals surface area contributed by atoms with Gasteiger partial charge in [-0.25, -0.2) is 5.43 Å². The topological polar surface area (TPSA) is 90.1 Å². The number of hydrogen-bond donors (Lipinski definition) is 3. The monoisotopic (exact) mass is 385 g/mol. The summed E-state index contributed by atoms with van der Waals surface area (Å²) < 4.78 is 21.8. The molecule has 0 aromatic heterocycles. The maximum Gasteiger partial charge on any atom is 0.238 e. The van der Waals surface area contributed by atoms with Crippen LogP contribution in [0.5, 0.6) is 23.0 Å².